The number of benzene rings is 1. The van der Waals surface area contributed by atoms with E-state index in [1.54, 1.807) is 14.2 Å². The molecule has 1 fully saturated rings. The average molecular weight is 327 g/mol. The molecule has 0 spiro atoms. The van der Waals surface area contributed by atoms with Crippen molar-refractivity contribution in [3.63, 3.8) is 0 Å². The van der Waals surface area contributed by atoms with Crippen LogP contribution < -0.4 is 9.47 Å². The molecule has 19 heavy (non-hydrogen) atoms. The Balaban J connectivity index is 2.42. The molecule has 1 saturated carbocycles. The summed E-state index contributed by atoms with van der Waals surface area (Å²) in [6, 6.07) is 5.75. The summed E-state index contributed by atoms with van der Waals surface area (Å²) in [5.74, 6) is 1.62. The van der Waals surface area contributed by atoms with Crippen molar-refractivity contribution in [2.24, 2.45) is 0 Å². The lowest BCUT2D eigenvalue weighted by atomic mass is 9.70. The van der Waals surface area contributed by atoms with Crippen LogP contribution in [-0.2, 0) is 10.2 Å². The van der Waals surface area contributed by atoms with E-state index in [1.165, 1.54) is 0 Å². The summed E-state index contributed by atoms with van der Waals surface area (Å²) in [6.07, 6.45) is 2.84. The number of hydrogen-bond donors (Lipinski definition) is 0. The second-order valence-electron chi connectivity index (χ2n) is 5.13. The third-order valence-corrected chi connectivity index (χ3v) is 4.86. The maximum Gasteiger partial charge on any atom is 0.161 e. The smallest absolute Gasteiger partial charge is 0.161 e. The van der Waals surface area contributed by atoms with Gasteiger partial charge < -0.3 is 9.47 Å². The van der Waals surface area contributed by atoms with Crippen LogP contribution in [0.25, 0.3) is 0 Å². The summed E-state index contributed by atoms with van der Waals surface area (Å²) in [7, 11) is 3.22. The Kier molecular flexibility index (Phi) is 4.19. The molecule has 2 atom stereocenters. The number of carbonyl (C=O) groups excluding carboxylic acids is 1. The predicted molar refractivity (Wildman–Crippen MR) is 78.5 cm³/mol. The van der Waals surface area contributed by atoms with Crippen LogP contribution in [0.15, 0.2) is 18.2 Å². The standard InChI is InChI=1S/C15H19BrO3/c1-15(8-4-5-11(16)14(15)17)10-6-7-12(18-2)13(9-10)19-3/h6-7,9,11H,4-5,8H2,1-3H3. The van der Waals surface area contributed by atoms with E-state index in [0.29, 0.717) is 11.5 Å². The van der Waals surface area contributed by atoms with E-state index in [1.807, 2.05) is 25.1 Å². The lowest BCUT2D eigenvalue weighted by Crippen LogP contribution is -2.41. The molecule has 0 radical (unpaired) electrons. The molecule has 0 aromatic heterocycles. The fourth-order valence-electron chi connectivity index (χ4n) is 2.70. The van der Waals surface area contributed by atoms with Gasteiger partial charge in [-0.1, -0.05) is 28.4 Å². The zero-order chi connectivity index (χ0) is 14.0. The van der Waals surface area contributed by atoms with Gasteiger partial charge in [-0.05, 0) is 37.5 Å². The molecule has 0 N–H and O–H groups in total. The van der Waals surface area contributed by atoms with Gasteiger partial charge in [0.25, 0.3) is 0 Å². The number of carbonyl (C=O) groups is 1. The number of ketones is 1. The molecule has 4 heteroatoms. The van der Waals surface area contributed by atoms with E-state index < -0.39 is 5.41 Å². The van der Waals surface area contributed by atoms with Gasteiger partial charge in [-0.2, -0.15) is 0 Å². The van der Waals surface area contributed by atoms with Gasteiger partial charge in [0, 0.05) is 0 Å². The van der Waals surface area contributed by atoms with E-state index >= 15 is 0 Å². The second kappa shape index (κ2) is 5.53. The van der Waals surface area contributed by atoms with E-state index in [9.17, 15) is 4.79 Å². The molecular formula is C15H19BrO3. The number of Topliss-reactive ketones (excluding diaryl/α,β-unsaturated/α-hetero) is 1. The monoisotopic (exact) mass is 326 g/mol. The summed E-state index contributed by atoms with van der Waals surface area (Å²) in [6.45, 7) is 2.02. The Morgan fingerprint density at radius 1 is 1.26 bits per heavy atom. The second-order valence-corrected chi connectivity index (χ2v) is 6.23. The number of ether oxygens (including phenoxy) is 2. The molecule has 0 saturated heterocycles. The van der Waals surface area contributed by atoms with Crippen molar-refractivity contribution in [1.29, 1.82) is 0 Å². The molecule has 2 unspecified atom stereocenters. The molecule has 1 aliphatic carbocycles. The number of alkyl halides is 1. The van der Waals surface area contributed by atoms with Gasteiger partial charge in [0.15, 0.2) is 17.3 Å². The first-order valence-electron chi connectivity index (χ1n) is 6.44. The highest BCUT2D eigenvalue weighted by atomic mass is 79.9. The summed E-state index contributed by atoms with van der Waals surface area (Å²) in [5.41, 5.74) is 0.561. The van der Waals surface area contributed by atoms with Gasteiger partial charge >= 0.3 is 0 Å². The molecule has 0 amide bonds. The third-order valence-electron chi connectivity index (χ3n) is 3.98. The van der Waals surface area contributed by atoms with Crippen LogP contribution in [0.1, 0.15) is 31.7 Å². The van der Waals surface area contributed by atoms with Gasteiger partial charge in [0.05, 0.1) is 24.5 Å². The lowest BCUT2D eigenvalue weighted by Gasteiger charge is -2.35. The molecule has 1 aliphatic rings. The molecule has 1 aromatic carbocycles. The minimum absolute atomic E-state index is 0.0423. The van der Waals surface area contributed by atoms with E-state index in [-0.39, 0.29) is 10.6 Å². The quantitative estimate of drug-likeness (QED) is 0.798. The van der Waals surface area contributed by atoms with Crippen LogP contribution in [0.2, 0.25) is 0 Å². The van der Waals surface area contributed by atoms with Gasteiger partial charge in [-0.3, -0.25) is 4.79 Å². The first kappa shape index (κ1) is 14.4. The molecule has 0 aliphatic heterocycles. The van der Waals surface area contributed by atoms with Crippen LogP contribution in [0.4, 0.5) is 0 Å². The fourth-order valence-corrected chi connectivity index (χ4v) is 3.53. The number of hydrogen-bond acceptors (Lipinski definition) is 3. The Bertz CT molecular complexity index is 486. The van der Waals surface area contributed by atoms with Crippen LogP contribution in [0, 0.1) is 0 Å². The summed E-state index contributed by atoms with van der Waals surface area (Å²) in [5, 5.41) is 0. The van der Waals surface area contributed by atoms with Gasteiger partial charge in [-0.25, -0.2) is 0 Å². The van der Waals surface area contributed by atoms with Gasteiger partial charge in [0.2, 0.25) is 0 Å². The fraction of sp³-hybridized carbons (Fsp3) is 0.533. The number of halogens is 1. The number of methoxy groups -OCH3 is 2. The Hall–Kier alpha value is -1.03. The van der Waals surface area contributed by atoms with Crippen LogP contribution in [0.3, 0.4) is 0 Å². The van der Waals surface area contributed by atoms with E-state index in [0.717, 1.165) is 24.8 Å². The molecule has 1 aromatic rings. The Labute approximate surface area is 122 Å². The highest BCUT2D eigenvalue weighted by molar-refractivity contribution is 9.10. The van der Waals surface area contributed by atoms with Crippen molar-refractivity contribution in [2.75, 3.05) is 14.2 Å². The molecule has 2 rings (SSSR count). The Morgan fingerprint density at radius 3 is 2.58 bits per heavy atom. The van der Waals surface area contributed by atoms with E-state index in [2.05, 4.69) is 15.9 Å². The highest BCUT2D eigenvalue weighted by Crippen LogP contribution is 2.41. The number of rotatable bonds is 3. The lowest BCUT2D eigenvalue weighted by molar-refractivity contribution is -0.125. The normalized spacial score (nSPS) is 27.2. The molecular weight excluding hydrogens is 308 g/mol. The van der Waals surface area contributed by atoms with Crippen LogP contribution in [0.5, 0.6) is 11.5 Å². The van der Waals surface area contributed by atoms with Crippen LogP contribution >= 0.6 is 15.9 Å². The summed E-state index contributed by atoms with van der Waals surface area (Å²) in [4.78, 5) is 12.4. The third kappa shape index (κ3) is 2.50. The molecule has 104 valence electrons. The van der Waals surface area contributed by atoms with Crippen molar-refractivity contribution in [2.45, 2.75) is 36.4 Å². The van der Waals surface area contributed by atoms with Gasteiger partial charge in [0.1, 0.15) is 0 Å². The average Bonchev–Trinajstić information content (AvgIpc) is 2.43. The van der Waals surface area contributed by atoms with Crippen molar-refractivity contribution in [3.05, 3.63) is 23.8 Å². The maximum atomic E-state index is 12.5. The summed E-state index contributed by atoms with van der Waals surface area (Å²) < 4.78 is 10.6. The van der Waals surface area contributed by atoms with Crippen molar-refractivity contribution in [3.8, 4) is 11.5 Å². The first-order chi connectivity index (χ1) is 9.02. The molecule has 0 bridgehead atoms. The Morgan fingerprint density at radius 2 is 1.95 bits per heavy atom. The summed E-state index contributed by atoms with van der Waals surface area (Å²) >= 11 is 3.48. The van der Waals surface area contributed by atoms with E-state index in [4.69, 9.17) is 9.47 Å². The zero-order valence-electron chi connectivity index (χ0n) is 11.5. The van der Waals surface area contributed by atoms with Crippen molar-refractivity contribution in [1.82, 2.24) is 0 Å². The SMILES string of the molecule is COc1ccc(C2(C)CCCC(Br)C2=O)cc1OC. The minimum atomic E-state index is -0.439. The molecule has 0 heterocycles. The van der Waals surface area contributed by atoms with Crippen LogP contribution in [-0.4, -0.2) is 24.8 Å². The maximum absolute atomic E-state index is 12.5. The highest BCUT2D eigenvalue weighted by Gasteiger charge is 2.41. The zero-order valence-corrected chi connectivity index (χ0v) is 13.1. The predicted octanol–water partition coefficient (Wildman–Crippen LogP) is 3.48. The van der Waals surface area contributed by atoms with Crippen molar-refractivity contribution < 1.29 is 14.3 Å². The molecule has 3 nitrogen and oxygen atoms in total. The van der Waals surface area contributed by atoms with Gasteiger partial charge in [-0.15, -0.1) is 0 Å². The largest absolute Gasteiger partial charge is 0.493 e. The minimum Gasteiger partial charge on any atom is -0.493 e. The topological polar surface area (TPSA) is 35.5 Å². The first-order valence-corrected chi connectivity index (χ1v) is 7.35. The van der Waals surface area contributed by atoms with Crippen molar-refractivity contribution >= 4 is 21.7 Å².